The van der Waals surface area contributed by atoms with Crippen molar-refractivity contribution in [3.8, 4) is 5.75 Å². The fourth-order valence-corrected chi connectivity index (χ4v) is 1.33. The third kappa shape index (κ3) is 1.40. The van der Waals surface area contributed by atoms with Crippen molar-refractivity contribution in [1.29, 1.82) is 0 Å². The maximum Gasteiger partial charge on any atom is 0.351 e. The number of rotatable bonds is 1. The van der Waals surface area contributed by atoms with E-state index < -0.39 is 29.6 Å². The van der Waals surface area contributed by atoms with Gasteiger partial charge in [-0.1, -0.05) is 12.1 Å². The smallest absolute Gasteiger partial charge is 0.351 e. The lowest BCUT2D eigenvalue weighted by Crippen LogP contribution is -2.11. The quantitative estimate of drug-likeness (QED) is 0.570. The van der Waals surface area contributed by atoms with E-state index in [0.29, 0.717) is 0 Å². The number of carbonyl (C=O) groups is 1. The van der Waals surface area contributed by atoms with Crippen LogP contribution in [-0.2, 0) is 0 Å². The molecular weight excluding hydrogens is 196 g/mol. The minimum absolute atomic E-state index is 0.0853. The van der Waals surface area contributed by atoms with Gasteiger partial charge in [-0.2, -0.15) is 0 Å². The number of hydrogen-bond acceptors (Lipinski definition) is 4. The van der Waals surface area contributed by atoms with E-state index in [1.54, 1.807) is 12.1 Å². The summed E-state index contributed by atoms with van der Waals surface area (Å²) in [6.45, 7) is -3.01. The molecule has 0 saturated heterocycles. The molecule has 0 aliphatic carbocycles. The van der Waals surface area contributed by atoms with Gasteiger partial charge in [-0.3, -0.25) is 4.79 Å². The molecule has 0 radical (unpaired) electrons. The van der Waals surface area contributed by atoms with Gasteiger partial charge in [-0.05, 0) is 19.0 Å². The fourth-order valence-electron chi connectivity index (χ4n) is 1.33. The Kier molecular flexibility index (Phi) is 1.38. The van der Waals surface area contributed by atoms with Crippen molar-refractivity contribution in [3.05, 3.63) is 40.2 Å². The van der Waals surface area contributed by atoms with Crippen molar-refractivity contribution in [2.24, 2.45) is 0 Å². The molecule has 2 aromatic rings. The van der Waals surface area contributed by atoms with Gasteiger partial charge in [0.25, 0.3) is 0 Å². The van der Waals surface area contributed by atoms with Crippen LogP contribution in [0.1, 0.15) is 21.3 Å². The fraction of sp³-hybridized carbons (Fsp3) is 0.0909. The zero-order valence-corrected chi connectivity index (χ0v) is 7.48. The maximum absolute atomic E-state index is 11.6. The zero-order chi connectivity index (χ0) is 13.5. The molecule has 0 fully saturated rings. The van der Waals surface area contributed by atoms with Gasteiger partial charge in [-0.15, -0.1) is 0 Å². The Morgan fingerprint density at radius 2 is 2.20 bits per heavy atom. The molecule has 1 aromatic heterocycles. The minimum Gasteiger partial charge on any atom is -0.506 e. The van der Waals surface area contributed by atoms with Gasteiger partial charge in [0.05, 0.1) is 5.39 Å². The molecule has 0 aliphatic heterocycles. The topological polar surface area (TPSA) is 67.5 Å². The van der Waals surface area contributed by atoms with Gasteiger partial charge < -0.3 is 9.52 Å². The summed E-state index contributed by atoms with van der Waals surface area (Å²) in [7, 11) is 0. The van der Waals surface area contributed by atoms with E-state index in [1.165, 1.54) is 12.1 Å². The predicted octanol–water partition coefficient (Wildman–Crippen LogP) is 1.70. The second-order valence-electron chi connectivity index (χ2n) is 2.94. The first-order valence-electron chi connectivity index (χ1n) is 5.62. The summed E-state index contributed by atoms with van der Waals surface area (Å²) in [5.41, 5.74) is -1.91. The maximum atomic E-state index is 11.6. The molecule has 0 saturated carbocycles. The molecule has 1 heterocycles. The summed E-state index contributed by atoms with van der Waals surface area (Å²) in [5.74, 6) is -2.09. The van der Waals surface area contributed by atoms with Crippen LogP contribution in [0.2, 0.25) is 0 Å². The van der Waals surface area contributed by atoms with Crippen LogP contribution in [0.15, 0.2) is 33.5 Å². The molecule has 1 aromatic carbocycles. The van der Waals surface area contributed by atoms with Gasteiger partial charge in [0.15, 0.2) is 5.78 Å². The summed E-state index contributed by atoms with van der Waals surface area (Å²) in [6.07, 6.45) is 0. The second kappa shape index (κ2) is 3.24. The number of benzene rings is 1. The zero-order valence-electron chi connectivity index (χ0n) is 10.5. The van der Waals surface area contributed by atoms with E-state index in [-0.39, 0.29) is 11.0 Å². The van der Waals surface area contributed by atoms with Gasteiger partial charge in [0.2, 0.25) is 0 Å². The highest BCUT2D eigenvalue weighted by Crippen LogP contribution is 2.25. The van der Waals surface area contributed by atoms with E-state index in [9.17, 15) is 14.7 Å². The Bertz CT molecular complexity index is 685. The van der Waals surface area contributed by atoms with E-state index in [2.05, 4.69) is 0 Å². The largest absolute Gasteiger partial charge is 0.506 e. The van der Waals surface area contributed by atoms with Gasteiger partial charge >= 0.3 is 5.63 Å². The average Bonchev–Trinajstić information content (AvgIpc) is 2.27. The Balaban J connectivity index is 2.81. The van der Waals surface area contributed by atoms with Crippen LogP contribution in [-0.4, -0.2) is 10.9 Å². The van der Waals surface area contributed by atoms with Crippen LogP contribution in [0.3, 0.4) is 0 Å². The van der Waals surface area contributed by atoms with Crippen LogP contribution in [0.5, 0.6) is 5.75 Å². The third-order valence-electron chi connectivity index (χ3n) is 2.01. The lowest BCUT2D eigenvalue weighted by atomic mass is 10.1. The molecule has 0 amide bonds. The molecule has 4 heteroatoms. The average molecular weight is 207 g/mol. The standard InChI is InChI=1S/C11H8O4/c1-6(12)9-10(13)7-4-2-3-5-8(7)15-11(9)14/h2-5,13H,1H3/i1D3. The van der Waals surface area contributed by atoms with Crippen molar-refractivity contribution >= 4 is 16.8 Å². The molecular formula is C11H8O4. The van der Waals surface area contributed by atoms with E-state index in [1.807, 2.05) is 0 Å². The minimum atomic E-state index is -3.01. The highest BCUT2D eigenvalue weighted by atomic mass is 16.4. The number of fused-ring (bicyclic) bond motifs is 1. The lowest BCUT2D eigenvalue weighted by Gasteiger charge is -2.02. The highest BCUT2D eigenvalue weighted by Gasteiger charge is 2.16. The van der Waals surface area contributed by atoms with Crippen molar-refractivity contribution < 1.29 is 18.4 Å². The summed E-state index contributed by atoms with van der Waals surface area (Å²) >= 11 is 0. The second-order valence-corrected chi connectivity index (χ2v) is 2.94. The molecule has 2 rings (SSSR count). The molecule has 15 heavy (non-hydrogen) atoms. The van der Waals surface area contributed by atoms with Crippen LogP contribution in [0.25, 0.3) is 11.0 Å². The lowest BCUT2D eigenvalue weighted by molar-refractivity contribution is 0.101. The van der Waals surface area contributed by atoms with Gasteiger partial charge in [0.1, 0.15) is 16.9 Å². The molecule has 76 valence electrons. The van der Waals surface area contributed by atoms with Crippen molar-refractivity contribution in [2.45, 2.75) is 6.85 Å². The van der Waals surface area contributed by atoms with Crippen LogP contribution >= 0.6 is 0 Å². The van der Waals surface area contributed by atoms with E-state index in [4.69, 9.17) is 8.53 Å². The summed E-state index contributed by atoms with van der Waals surface area (Å²) in [4.78, 5) is 23.1. The molecule has 0 spiro atoms. The van der Waals surface area contributed by atoms with Crippen LogP contribution in [0, 0.1) is 0 Å². The Morgan fingerprint density at radius 3 is 2.93 bits per heavy atom. The number of hydrogen-bond donors (Lipinski definition) is 1. The number of ketones is 1. The van der Waals surface area contributed by atoms with E-state index in [0.717, 1.165) is 0 Å². The Labute approximate surface area is 89.0 Å². The van der Waals surface area contributed by atoms with Crippen LogP contribution in [0.4, 0.5) is 0 Å². The molecule has 0 atom stereocenters. The number of para-hydroxylation sites is 1. The van der Waals surface area contributed by atoms with Gasteiger partial charge in [-0.25, -0.2) is 4.79 Å². The van der Waals surface area contributed by atoms with Crippen LogP contribution < -0.4 is 5.63 Å². The number of carbonyl (C=O) groups excluding carboxylic acids is 1. The predicted molar refractivity (Wildman–Crippen MR) is 54.2 cm³/mol. The summed E-state index contributed by atoms with van der Waals surface area (Å²) in [5, 5.41) is 9.95. The molecule has 4 nitrogen and oxygen atoms in total. The Morgan fingerprint density at radius 1 is 1.47 bits per heavy atom. The Hall–Kier alpha value is -2.10. The molecule has 1 N–H and O–H groups in total. The van der Waals surface area contributed by atoms with Crippen molar-refractivity contribution in [2.75, 3.05) is 0 Å². The first-order valence-corrected chi connectivity index (χ1v) is 4.12. The van der Waals surface area contributed by atoms with Crippen molar-refractivity contribution in [3.63, 3.8) is 0 Å². The first kappa shape index (κ1) is 6.40. The van der Waals surface area contributed by atoms with Crippen molar-refractivity contribution in [1.82, 2.24) is 0 Å². The molecule has 0 bridgehead atoms. The summed E-state index contributed by atoms with van der Waals surface area (Å²) in [6, 6.07) is 5.99. The van der Waals surface area contributed by atoms with E-state index >= 15 is 0 Å². The molecule has 0 unspecified atom stereocenters. The third-order valence-corrected chi connectivity index (χ3v) is 2.01. The SMILES string of the molecule is [2H]C([2H])([2H])C(=O)c1c(O)c2ccccc2oc1=O. The summed E-state index contributed by atoms with van der Waals surface area (Å²) < 4.78 is 25.7. The first-order chi connectivity index (χ1) is 8.32. The monoisotopic (exact) mass is 207 g/mol. The number of Topliss-reactive ketones (excluding diaryl/α,β-unsaturated/α-hetero) is 1. The number of aromatic hydroxyl groups is 1. The normalized spacial score (nSPS) is 14.3. The van der Waals surface area contributed by atoms with Gasteiger partial charge in [0, 0.05) is 4.11 Å². The highest BCUT2D eigenvalue weighted by molar-refractivity contribution is 6.01. The molecule has 0 aliphatic rings.